The van der Waals surface area contributed by atoms with Crippen LogP contribution in [0.15, 0.2) is 12.1 Å². The van der Waals surface area contributed by atoms with Gasteiger partial charge in [0.25, 0.3) is 0 Å². The minimum atomic E-state index is -1.61. The third-order valence-electron chi connectivity index (χ3n) is 4.31. The lowest BCUT2D eigenvalue weighted by molar-refractivity contribution is -0.165. The number of aromatic hydroxyl groups is 1. The van der Waals surface area contributed by atoms with Crippen molar-refractivity contribution in [3.63, 3.8) is 0 Å². The number of fused-ring (bicyclic) bond motifs is 2. The minimum Gasteiger partial charge on any atom is -0.507 e. The molecule has 1 fully saturated rings. The number of ether oxygens (including phenoxy) is 3. The summed E-state index contributed by atoms with van der Waals surface area (Å²) in [7, 11) is 1.37. The number of carbonyl (C=O) groups is 3. The molecule has 2 atom stereocenters. The first kappa shape index (κ1) is 15.1. The van der Waals surface area contributed by atoms with Crippen LogP contribution in [0.25, 0.3) is 0 Å². The molecule has 1 saturated heterocycles. The van der Waals surface area contributed by atoms with Crippen LogP contribution in [0, 0.1) is 0 Å². The Bertz CT molecular complexity index is 739. The van der Waals surface area contributed by atoms with Gasteiger partial charge in [0.15, 0.2) is 11.2 Å². The number of phenols is 1. The van der Waals surface area contributed by atoms with Gasteiger partial charge < -0.3 is 24.4 Å². The molecule has 1 aromatic rings. The van der Waals surface area contributed by atoms with Crippen LogP contribution in [-0.2, 0) is 24.7 Å². The van der Waals surface area contributed by atoms with Crippen LogP contribution in [0.3, 0.4) is 0 Å². The summed E-state index contributed by atoms with van der Waals surface area (Å²) in [6.07, 6.45) is -0.883. The molecule has 2 aliphatic heterocycles. The van der Waals surface area contributed by atoms with E-state index in [0.717, 1.165) is 0 Å². The van der Waals surface area contributed by atoms with Gasteiger partial charge in [-0.25, -0.2) is 4.79 Å². The Hall–Kier alpha value is -2.77. The average Bonchev–Trinajstić information content (AvgIpc) is 2.84. The molecule has 0 radical (unpaired) electrons. The number of cyclic esters (lactones) is 1. The molecule has 0 amide bonds. The lowest BCUT2D eigenvalue weighted by atomic mass is 9.76. The summed E-state index contributed by atoms with van der Waals surface area (Å²) in [4.78, 5) is 35.2. The third kappa shape index (κ3) is 1.94. The van der Waals surface area contributed by atoms with E-state index in [1.165, 1.54) is 26.2 Å². The Morgan fingerprint density at radius 1 is 1.35 bits per heavy atom. The molecule has 2 N–H and O–H groups in total. The lowest BCUT2D eigenvalue weighted by Crippen LogP contribution is -2.48. The fourth-order valence-electron chi connectivity index (χ4n) is 3.27. The second-order valence-electron chi connectivity index (χ2n) is 5.74. The van der Waals surface area contributed by atoms with E-state index in [1.807, 2.05) is 0 Å². The molecule has 23 heavy (non-hydrogen) atoms. The van der Waals surface area contributed by atoms with E-state index < -0.39 is 35.5 Å². The van der Waals surface area contributed by atoms with Gasteiger partial charge in [-0.15, -0.1) is 0 Å². The first-order chi connectivity index (χ1) is 10.7. The zero-order chi connectivity index (χ0) is 17.0. The average molecular weight is 322 g/mol. The van der Waals surface area contributed by atoms with Gasteiger partial charge in [-0.3, -0.25) is 9.59 Å². The van der Waals surface area contributed by atoms with E-state index in [4.69, 9.17) is 19.3 Å². The molecular formula is C15H14O8. The van der Waals surface area contributed by atoms with Crippen molar-refractivity contribution < 1.29 is 38.8 Å². The predicted molar refractivity (Wildman–Crippen MR) is 73.1 cm³/mol. The Morgan fingerprint density at radius 3 is 2.65 bits per heavy atom. The summed E-state index contributed by atoms with van der Waals surface area (Å²) in [5.74, 6) is -2.85. The van der Waals surface area contributed by atoms with Crippen molar-refractivity contribution in [1.29, 1.82) is 0 Å². The SMILES string of the molecule is COc1cc(O)c2c(c1)C1(CC(=O)OC1(C)CC(=O)O)OC2=O. The maximum absolute atomic E-state index is 12.2. The Morgan fingerprint density at radius 2 is 2.04 bits per heavy atom. The summed E-state index contributed by atoms with van der Waals surface area (Å²) in [5.41, 5.74) is -3.12. The second-order valence-corrected chi connectivity index (χ2v) is 5.74. The van der Waals surface area contributed by atoms with Crippen molar-refractivity contribution >= 4 is 17.9 Å². The molecule has 0 saturated carbocycles. The smallest absolute Gasteiger partial charge is 0.343 e. The quantitative estimate of drug-likeness (QED) is 0.789. The topological polar surface area (TPSA) is 119 Å². The number of rotatable bonds is 3. The summed E-state index contributed by atoms with van der Waals surface area (Å²) in [6, 6.07) is 2.69. The number of phenolic OH excluding ortho intramolecular Hbond substituents is 1. The number of hydrogen-bond donors (Lipinski definition) is 2. The van der Waals surface area contributed by atoms with Gasteiger partial charge in [0, 0.05) is 11.6 Å². The molecule has 0 aromatic heterocycles. The van der Waals surface area contributed by atoms with E-state index in [9.17, 15) is 19.5 Å². The number of carbonyl (C=O) groups excluding carboxylic acids is 2. The fraction of sp³-hybridized carbons (Fsp3) is 0.400. The monoisotopic (exact) mass is 322 g/mol. The molecule has 3 rings (SSSR count). The Labute approximate surface area is 130 Å². The van der Waals surface area contributed by atoms with E-state index in [0.29, 0.717) is 0 Å². The van der Waals surface area contributed by atoms with Crippen LogP contribution in [0.1, 0.15) is 35.7 Å². The minimum absolute atomic E-state index is 0.110. The van der Waals surface area contributed by atoms with Crippen molar-refractivity contribution in [3.8, 4) is 11.5 Å². The zero-order valence-corrected chi connectivity index (χ0v) is 12.4. The number of esters is 2. The standard InChI is InChI=1S/C15H14O8/c1-14(5-10(17)18)15(6-11(19)22-14)8-3-7(21-2)4-9(16)12(8)13(20)23-15/h3-4,16H,5-6H2,1-2H3,(H,17,18). The lowest BCUT2D eigenvalue weighted by Gasteiger charge is -2.36. The fourth-order valence-corrected chi connectivity index (χ4v) is 3.27. The molecule has 0 aliphatic carbocycles. The van der Waals surface area contributed by atoms with Crippen molar-refractivity contribution in [2.45, 2.75) is 31.0 Å². The summed E-state index contributed by atoms with van der Waals surface area (Å²) >= 11 is 0. The summed E-state index contributed by atoms with van der Waals surface area (Å²) in [5, 5.41) is 19.2. The second kappa shape index (κ2) is 4.61. The van der Waals surface area contributed by atoms with Crippen LogP contribution in [0.5, 0.6) is 11.5 Å². The van der Waals surface area contributed by atoms with Gasteiger partial charge in [0.1, 0.15) is 17.1 Å². The van der Waals surface area contributed by atoms with Crippen LogP contribution < -0.4 is 4.74 Å². The molecule has 122 valence electrons. The van der Waals surface area contributed by atoms with Gasteiger partial charge >= 0.3 is 17.9 Å². The highest BCUT2D eigenvalue weighted by Gasteiger charge is 2.67. The molecule has 8 nitrogen and oxygen atoms in total. The molecular weight excluding hydrogens is 308 g/mol. The first-order valence-electron chi connectivity index (χ1n) is 6.81. The maximum Gasteiger partial charge on any atom is 0.343 e. The maximum atomic E-state index is 12.2. The van der Waals surface area contributed by atoms with Gasteiger partial charge in [-0.2, -0.15) is 0 Å². The molecule has 8 heteroatoms. The number of carboxylic acid groups (broad SMARTS) is 1. The number of methoxy groups -OCH3 is 1. The number of hydrogen-bond acceptors (Lipinski definition) is 7. The number of carboxylic acids is 1. The van der Waals surface area contributed by atoms with E-state index in [2.05, 4.69) is 0 Å². The molecule has 2 aliphatic rings. The highest BCUT2D eigenvalue weighted by atomic mass is 16.6. The summed E-state index contributed by atoms with van der Waals surface area (Å²) < 4.78 is 15.6. The van der Waals surface area contributed by atoms with E-state index in [1.54, 1.807) is 0 Å². The van der Waals surface area contributed by atoms with Crippen molar-refractivity contribution in [2.75, 3.05) is 7.11 Å². The van der Waals surface area contributed by atoms with Crippen LogP contribution >= 0.6 is 0 Å². The summed E-state index contributed by atoms with van der Waals surface area (Å²) in [6.45, 7) is 1.39. The van der Waals surface area contributed by atoms with Crippen molar-refractivity contribution in [1.82, 2.24) is 0 Å². The highest BCUT2D eigenvalue weighted by molar-refractivity contribution is 5.99. The first-order valence-corrected chi connectivity index (χ1v) is 6.81. The molecule has 1 spiro atoms. The number of aliphatic carboxylic acids is 1. The van der Waals surface area contributed by atoms with Crippen molar-refractivity contribution in [3.05, 3.63) is 23.3 Å². The van der Waals surface area contributed by atoms with Gasteiger partial charge in [0.05, 0.1) is 20.0 Å². The third-order valence-corrected chi connectivity index (χ3v) is 4.31. The molecule has 2 heterocycles. The molecule has 0 bridgehead atoms. The highest BCUT2D eigenvalue weighted by Crippen LogP contribution is 2.56. The zero-order valence-electron chi connectivity index (χ0n) is 12.4. The molecule has 1 aromatic carbocycles. The largest absolute Gasteiger partial charge is 0.507 e. The van der Waals surface area contributed by atoms with Crippen molar-refractivity contribution in [2.24, 2.45) is 0 Å². The van der Waals surface area contributed by atoms with Gasteiger partial charge in [-0.1, -0.05) is 0 Å². The van der Waals surface area contributed by atoms with Crippen LogP contribution in [0.2, 0.25) is 0 Å². The van der Waals surface area contributed by atoms with Crippen LogP contribution in [0.4, 0.5) is 0 Å². The van der Waals surface area contributed by atoms with Gasteiger partial charge in [0.2, 0.25) is 0 Å². The molecule has 2 unspecified atom stereocenters. The Balaban J connectivity index is 2.25. The predicted octanol–water partition coefficient (Wildman–Crippen LogP) is 0.947. The number of benzene rings is 1. The van der Waals surface area contributed by atoms with E-state index >= 15 is 0 Å². The van der Waals surface area contributed by atoms with Crippen LogP contribution in [-0.4, -0.2) is 40.8 Å². The van der Waals surface area contributed by atoms with Gasteiger partial charge in [-0.05, 0) is 13.0 Å². The normalized spacial score (nSPS) is 28.4. The van der Waals surface area contributed by atoms with E-state index in [-0.39, 0.29) is 29.0 Å². The Kier molecular flexibility index (Phi) is 3.03.